The Balaban J connectivity index is 2.52. The zero-order valence-electron chi connectivity index (χ0n) is 9.86. The van der Waals surface area contributed by atoms with E-state index >= 15 is 0 Å². The van der Waals surface area contributed by atoms with Crippen LogP contribution in [0.2, 0.25) is 0 Å². The number of rotatable bonds is 3. The van der Waals surface area contributed by atoms with Crippen molar-refractivity contribution in [2.45, 2.75) is 6.42 Å². The van der Waals surface area contributed by atoms with Gasteiger partial charge in [0.1, 0.15) is 5.76 Å². The Bertz CT molecular complexity index is 655. The van der Waals surface area contributed by atoms with Crippen LogP contribution >= 0.6 is 23.2 Å². The summed E-state index contributed by atoms with van der Waals surface area (Å²) in [5.41, 5.74) is 0.135. The molecule has 0 amide bonds. The number of hydrogen-bond acceptors (Lipinski definition) is 4. The lowest BCUT2D eigenvalue weighted by Gasteiger charge is -2.02. The smallest absolute Gasteiger partial charge is 0.381 e. The quantitative estimate of drug-likeness (QED) is 0.793. The van der Waals surface area contributed by atoms with Gasteiger partial charge in [-0.25, -0.2) is 9.74 Å². The Morgan fingerprint density at radius 1 is 1.40 bits per heavy atom. The largest absolute Gasteiger partial charge is 0.453 e. The summed E-state index contributed by atoms with van der Waals surface area (Å²) in [6.07, 6.45) is 3.46. The number of aldehydes is 1. The molecule has 1 aliphatic carbocycles. The SMILES string of the molecule is O=Cc1ccc(C2=C(Cl)CC=C(Cl)C(C(=O)OF)=C2)o1. The van der Waals surface area contributed by atoms with Crippen LogP contribution in [-0.2, 0) is 9.74 Å². The molecular weight excluding hydrogens is 310 g/mol. The summed E-state index contributed by atoms with van der Waals surface area (Å²) in [6, 6.07) is 2.95. The van der Waals surface area contributed by atoms with E-state index in [2.05, 4.69) is 4.94 Å². The van der Waals surface area contributed by atoms with Crippen LogP contribution in [0.4, 0.5) is 4.53 Å². The lowest BCUT2D eigenvalue weighted by Crippen LogP contribution is -2.03. The van der Waals surface area contributed by atoms with Gasteiger partial charge in [-0.3, -0.25) is 4.79 Å². The van der Waals surface area contributed by atoms with Gasteiger partial charge in [0, 0.05) is 21.6 Å². The average molecular weight is 317 g/mol. The molecule has 1 aliphatic rings. The first-order valence-corrected chi connectivity index (χ1v) is 6.17. The van der Waals surface area contributed by atoms with Gasteiger partial charge in [0.05, 0.1) is 10.6 Å². The van der Waals surface area contributed by atoms with Crippen LogP contribution in [0.25, 0.3) is 5.57 Å². The van der Waals surface area contributed by atoms with Gasteiger partial charge in [0.15, 0.2) is 12.0 Å². The van der Waals surface area contributed by atoms with E-state index < -0.39 is 5.97 Å². The van der Waals surface area contributed by atoms with Crippen LogP contribution in [0.3, 0.4) is 0 Å². The Morgan fingerprint density at radius 3 is 2.75 bits per heavy atom. The number of furan rings is 1. The summed E-state index contributed by atoms with van der Waals surface area (Å²) in [5.74, 6) is -0.874. The van der Waals surface area contributed by atoms with E-state index in [9.17, 15) is 14.1 Å². The lowest BCUT2D eigenvalue weighted by atomic mass is 10.1. The predicted octanol–water partition coefficient (Wildman–Crippen LogP) is 3.92. The second-order valence-corrected chi connectivity index (χ2v) is 4.68. The van der Waals surface area contributed by atoms with E-state index in [0.29, 0.717) is 16.9 Å². The third-order valence-corrected chi connectivity index (χ3v) is 3.31. The van der Waals surface area contributed by atoms with E-state index in [1.807, 2.05) is 0 Å². The lowest BCUT2D eigenvalue weighted by molar-refractivity contribution is -0.177. The van der Waals surface area contributed by atoms with Gasteiger partial charge in [-0.15, -0.1) is 0 Å². The molecule has 0 radical (unpaired) electrons. The summed E-state index contributed by atoms with van der Waals surface area (Å²) in [4.78, 5) is 25.1. The van der Waals surface area contributed by atoms with E-state index in [-0.39, 0.29) is 28.5 Å². The highest BCUT2D eigenvalue weighted by Gasteiger charge is 2.22. The van der Waals surface area contributed by atoms with Crippen LogP contribution in [0.1, 0.15) is 22.7 Å². The minimum atomic E-state index is -1.24. The molecule has 1 aromatic heterocycles. The van der Waals surface area contributed by atoms with Crippen LogP contribution in [0.15, 0.2) is 44.3 Å². The Labute approximate surface area is 123 Å². The van der Waals surface area contributed by atoms with Gasteiger partial charge in [-0.05, 0) is 18.2 Å². The van der Waals surface area contributed by atoms with Crippen molar-refractivity contribution in [3.05, 3.63) is 51.4 Å². The predicted molar refractivity (Wildman–Crippen MR) is 70.7 cm³/mol. The summed E-state index contributed by atoms with van der Waals surface area (Å²) < 4.78 is 17.3. The number of carbonyl (C=O) groups is 2. The van der Waals surface area contributed by atoms with Gasteiger partial charge in [-0.1, -0.05) is 29.3 Å². The van der Waals surface area contributed by atoms with Gasteiger partial charge in [0.25, 0.3) is 0 Å². The van der Waals surface area contributed by atoms with Crippen LogP contribution < -0.4 is 0 Å². The number of halogens is 3. The molecule has 0 atom stereocenters. The van der Waals surface area contributed by atoms with Crippen molar-refractivity contribution in [2.75, 3.05) is 0 Å². The number of allylic oxidation sites excluding steroid dienone is 4. The van der Waals surface area contributed by atoms with Crippen molar-refractivity contribution in [3.63, 3.8) is 0 Å². The Kier molecular flexibility index (Phi) is 4.42. The highest BCUT2D eigenvalue weighted by Crippen LogP contribution is 2.34. The highest BCUT2D eigenvalue weighted by molar-refractivity contribution is 6.37. The maximum Gasteiger partial charge on any atom is 0.381 e. The van der Waals surface area contributed by atoms with Crippen molar-refractivity contribution in [1.29, 1.82) is 0 Å². The molecule has 1 aromatic rings. The Morgan fingerprint density at radius 2 is 2.15 bits per heavy atom. The molecule has 0 N–H and O–H groups in total. The van der Waals surface area contributed by atoms with Crippen LogP contribution in [0, 0.1) is 0 Å². The van der Waals surface area contributed by atoms with E-state index in [0.717, 1.165) is 0 Å². The summed E-state index contributed by atoms with van der Waals surface area (Å²) >= 11 is 12.0. The van der Waals surface area contributed by atoms with Crippen molar-refractivity contribution in [3.8, 4) is 0 Å². The first kappa shape index (κ1) is 14.6. The number of hydrogen-bond donors (Lipinski definition) is 0. The molecule has 0 unspecified atom stereocenters. The monoisotopic (exact) mass is 316 g/mol. The molecule has 1 heterocycles. The molecule has 20 heavy (non-hydrogen) atoms. The van der Waals surface area contributed by atoms with Crippen molar-refractivity contribution in [2.24, 2.45) is 0 Å². The average Bonchev–Trinajstić information content (AvgIpc) is 2.87. The topological polar surface area (TPSA) is 56.5 Å². The van der Waals surface area contributed by atoms with Gasteiger partial charge < -0.3 is 4.42 Å². The standard InChI is InChI=1S/C13H7Cl2FO4/c14-10-2-3-11(15)9(13(18)20-16)5-8(10)12-4-1-7(6-17)19-12/h1,3-6H,2H2. The van der Waals surface area contributed by atoms with Crippen molar-refractivity contribution < 1.29 is 23.5 Å². The molecule has 104 valence electrons. The van der Waals surface area contributed by atoms with Crippen LogP contribution in [-0.4, -0.2) is 12.3 Å². The minimum absolute atomic E-state index is 0.0166. The molecule has 0 bridgehead atoms. The Hall–Kier alpha value is -1.85. The van der Waals surface area contributed by atoms with E-state index in [4.69, 9.17) is 27.6 Å². The maximum atomic E-state index is 12.1. The first-order chi connectivity index (χ1) is 9.56. The van der Waals surface area contributed by atoms with E-state index in [1.165, 1.54) is 24.3 Å². The minimum Gasteiger partial charge on any atom is -0.453 e. The number of carbonyl (C=O) groups excluding carboxylic acids is 2. The fourth-order valence-corrected chi connectivity index (χ4v) is 2.09. The molecule has 0 aliphatic heterocycles. The highest BCUT2D eigenvalue weighted by atomic mass is 35.5. The van der Waals surface area contributed by atoms with Crippen molar-refractivity contribution >= 4 is 41.0 Å². The first-order valence-electron chi connectivity index (χ1n) is 5.41. The molecule has 0 saturated carbocycles. The second-order valence-electron chi connectivity index (χ2n) is 3.82. The van der Waals surface area contributed by atoms with Gasteiger partial charge in [0.2, 0.25) is 0 Å². The van der Waals surface area contributed by atoms with Gasteiger partial charge in [-0.2, -0.15) is 0 Å². The molecule has 7 heteroatoms. The van der Waals surface area contributed by atoms with E-state index in [1.54, 1.807) is 0 Å². The van der Waals surface area contributed by atoms with Crippen LogP contribution in [0.5, 0.6) is 0 Å². The maximum absolute atomic E-state index is 12.1. The molecule has 0 spiro atoms. The zero-order chi connectivity index (χ0) is 14.7. The molecule has 0 saturated heterocycles. The third-order valence-electron chi connectivity index (χ3n) is 2.60. The molecule has 0 aromatic carbocycles. The molecule has 2 rings (SSSR count). The molecule has 0 fully saturated rings. The van der Waals surface area contributed by atoms with Gasteiger partial charge >= 0.3 is 5.97 Å². The summed E-state index contributed by atoms with van der Waals surface area (Å²) in [6.45, 7) is 0. The summed E-state index contributed by atoms with van der Waals surface area (Å²) in [7, 11) is 0. The summed E-state index contributed by atoms with van der Waals surface area (Å²) in [5, 5.41) is 0.347. The fourth-order valence-electron chi connectivity index (χ4n) is 1.65. The molecular formula is C13H7Cl2FO4. The molecule has 4 nitrogen and oxygen atoms in total. The fraction of sp³-hybridized carbons (Fsp3) is 0.0769. The normalized spacial score (nSPS) is 15.3. The second kappa shape index (κ2) is 6.07. The third kappa shape index (κ3) is 2.84. The zero-order valence-corrected chi connectivity index (χ0v) is 11.4. The van der Waals surface area contributed by atoms with Crippen molar-refractivity contribution in [1.82, 2.24) is 0 Å².